The van der Waals surface area contributed by atoms with Gasteiger partial charge in [0.05, 0.1) is 0 Å². The monoisotopic (exact) mass is 238 g/mol. The molecule has 90 valence electrons. The lowest BCUT2D eigenvalue weighted by Gasteiger charge is -2.24. The van der Waals surface area contributed by atoms with Crippen molar-refractivity contribution in [2.75, 3.05) is 24.8 Å². The molecular weight excluding hydrogens is 216 g/mol. The van der Waals surface area contributed by atoms with Crippen molar-refractivity contribution in [3.8, 4) is 0 Å². The number of hydrogen-bond donors (Lipinski definition) is 1. The molecule has 1 atom stereocenters. The van der Waals surface area contributed by atoms with Crippen LogP contribution in [0.5, 0.6) is 0 Å². The number of nitrogens with two attached hydrogens (primary N) is 1. The van der Waals surface area contributed by atoms with E-state index in [2.05, 4.69) is 43.3 Å². The lowest BCUT2D eigenvalue weighted by atomic mass is 10.1. The van der Waals surface area contributed by atoms with E-state index in [1.807, 2.05) is 18.7 Å². The van der Waals surface area contributed by atoms with Gasteiger partial charge in [-0.05, 0) is 44.3 Å². The molecule has 0 saturated heterocycles. The highest BCUT2D eigenvalue weighted by atomic mass is 32.2. The Hall–Kier alpha value is -0.670. The molecule has 0 fully saturated rings. The van der Waals surface area contributed by atoms with Crippen molar-refractivity contribution in [2.24, 2.45) is 0 Å². The van der Waals surface area contributed by atoms with Gasteiger partial charge < -0.3 is 5.73 Å². The summed E-state index contributed by atoms with van der Waals surface area (Å²) in [6, 6.07) is 6.93. The molecule has 2 N–H and O–H groups in total. The summed E-state index contributed by atoms with van der Waals surface area (Å²) in [7, 11) is 2.16. The van der Waals surface area contributed by atoms with Gasteiger partial charge in [-0.15, -0.1) is 0 Å². The van der Waals surface area contributed by atoms with Crippen molar-refractivity contribution in [1.82, 2.24) is 4.90 Å². The maximum Gasteiger partial charge on any atom is 0.0346 e. The fraction of sp³-hybridized carbons (Fsp3) is 0.538. The predicted molar refractivity (Wildman–Crippen MR) is 74.9 cm³/mol. The van der Waals surface area contributed by atoms with Crippen molar-refractivity contribution >= 4 is 17.4 Å². The van der Waals surface area contributed by atoms with Crippen molar-refractivity contribution in [3.05, 3.63) is 29.3 Å². The number of thioether (sulfide) groups is 1. The maximum atomic E-state index is 5.91. The van der Waals surface area contributed by atoms with E-state index in [0.717, 1.165) is 23.5 Å². The second-order valence-electron chi connectivity index (χ2n) is 4.41. The first-order valence-electron chi connectivity index (χ1n) is 5.58. The predicted octanol–water partition coefficient (Wildman–Crippen LogP) is 2.76. The molecule has 3 heteroatoms. The molecule has 0 amide bonds. The number of nitrogen functional groups attached to an aromatic ring is 1. The van der Waals surface area contributed by atoms with Gasteiger partial charge >= 0.3 is 0 Å². The standard InChI is InChI=1S/C13H22N2S/c1-10-5-6-12(7-13(10)14)8-15(3)11(2)9-16-4/h5-7,11H,8-9,14H2,1-4H3. The quantitative estimate of drug-likeness (QED) is 0.800. The van der Waals surface area contributed by atoms with Gasteiger partial charge in [0.2, 0.25) is 0 Å². The summed E-state index contributed by atoms with van der Waals surface area (Å²) in [5.41, 5.74) is 9.25. The maximum absolute atomic E-state index is 5.91. The van der Waals surface area contributed by atoms with Crippen molar-refractivity contribution in [2.45, 2.75) is 26.4 Å². The molecule has 1 unspecified atom stereocenters. The van der Waals surface area contributed by atoms with Crippen LogP contribution in [0, 0.1) is 6.92 Å². The van der Waals surface area contributed by atoms with E-state index in [-0.39, 0.29) is 0 Å². The van der Waals surface area contributed by atoms with E-state index in [4.69, 9.17) is 5.73 Å². The van der Waals surface area contributed by atoms with Crippen LogP contribution in [0.15, 0.2) is 18.2 Å². The Bertz CT molecular complexity index is 339. The Labute approximate surface area is 103 Å². The third kappa shape index (κ3) is 3.72. The van der Waals surface area contributed by atoms with Crippen molar-refractivity contribution in [1.29, 1.82) is 0 Å². The lowest BCUT2D eigenvalue weighted by molar-refractivity contribution is 0.270. The van der Waals surface area contributed by atoms with Crippen LogP contribution >= 0.6 is 11.8 Å². The molecule has 1 rings (SSSR count). The fourth-order valence-corrected chi connectivity index (χ4v) is 2.34. The van der Waals surface area contributed by atoms with E-state index >= 15 is 0 Å². The SMILES string of the molecule is CSCC(C)N(C)Cc1ccc(C)c(N)c1. The molecule has 0 aliphatic heterocycles. The first-order chi connectivity index (χ1) is 7.54. The van der Waals surface area contributed by atoms with E-state index in [1.165, 1.54) is 5.56 Å². The summed E-state index contributed by atoms with van der Waals surface area (Å²) in [6.07, 6.45) is 2.15. The third-order valence-electron chi connectivity index (χ3n) is 2.94. The van der Waals surface area contributed by atoms with Crippen LogP contribution < -0.4 is 5.73 Å². The average molecular weight is 238 g/mol. The highest BCUT2D eigenvalue weighted by molar-refractivity contribution is 7.98. The third-order valence-corrected chi connectivity index (χ3v) is 3.75. The topological polar surface area (TPSA) is 29.3 Å². The van der Waals surface area contributed by atoms with Crippen LogP contribution in [-0.4, -0.2) is 30.0 Å². The highest BCUT2D eigenvalue weighted by Crippen LogP contribution is 2.15. The zero-order valence-electron chi connectivity index (χ0n) is 10.7. The van der Waals surface area contributed by atoms with Crippen LogP contribution in [0.4, 0.5) is 5.69 Å². The molecule has 0 aromatic heterocycles. The van der Waals surface area contributed by atoms with Crippen LogP contribution in [0.3, 0.4) is 0 Å². The van der Waals surface area contributed by atoms with E-state index in [1.54, 1.807) is 0 Å². The molecule has 0 heterocycles. The molecule has 2 nitrogen and oxygen atoms in total. The van der Waals surface area contributed by atoms with Gasteiger partial charge in [-0.1, -0.05) is 12.1 Å². The van der Waals surface area contributed by atoms with Gasteiger partial charge in [0.1, 0.15) is 0 Å². The van der Waals surface area contributed by atoms with Crippen molar-refractivity contribution < 1.29 is 0 Å². The average Bonchev–Trinajstić information content (AvgIpc) is 2.24. The molecular formula is C13H22N2S. The minimum Gasteiger partial charge on any atom is -0.399 e. The molecule has 16 heavy (non-hydrogen) atoms. The molecule has 1 aromatic rings. The first kappa shape index (κ1) is 13.4. The second-order valence-corrected chi connectivity index (χ2v) is 5.32. The number of benzene rings is 1. The number of hydrogen-bond acceptors (Lipinski definition) is 3. The first-order valence-corrected chi connectivity index (χ1v) is 6.98. The van der Waals surface area contributed by atoms with Gasteiger partial charge in [-0.2, -0.15) is 11.8 Å². The summed E-state index contributed by atoms with van der Waals surface area (Å²) in [5, 5.41) is 0. The van der Waals surface area contributed by atoms with Crippen LogP contribution in [-0.2, 0) is 6.54 Å². The van der Waals surface area contributed by atoms with Gasteiger partial charge in [-0.25, -0.2) is 0 Å². The summed E-state index contributed by atoms with van der Waals surface area (Å²) in [4.78, 5) is 2.36. The summed E-state index contributed by atoms with van der Waals surface area (Å²) < 4.78 is 0. The zero-order chi connectivity index (χ0) is 12.1. The number of aryl methyl sites for hydroxylation is 1. The number of rotatable bonds is 5. The number of nitrogens with zero attached hydrogens (tertiary/aromatic N) is 1. The molecule has 0 aliphatic rings. The Balaban J connectivity index is 2.62. The summed E-state index contributed by atoms with van der Waals surface area (Å²) >= 11 is 1.89. The van der Waals surface area contributed by atoms with Gasteiger partial charge in [-0.3, -0.25) is 4.90 Å². The van der Waals surface area contributed by atoms with Crippen molar-refractivity contribution in [3.63, 3.8) is 0 Å². The molecule has 0 aliphatic carbocycles. The van der Waals surface area contributed by atoms with Gasteiger partial charge in [0, 0.05) is 24.0 Å². The van der Waals surface area contributed by atoms with E-state index in [9.17, 15) is 0 Å². The Morgan fingerprint density at radius 3 is 2.69 bits per heavy atom. The minimum absolute atomic E-state index is 0.595. The molecule has 0 bridgehead atoms. The molecule has 0 spiro atoms. The van der Waals surface area contributed by atoms with Gasteiger partial charge in [0.25, 0.3) is 0 Å². The Morgan fingerprint density at radius 1 is 1.44 bits per heavy atom. The molecule has 0 saturated carbocycles. The summed E-state index contributed by atoms with van der Waals surface area (Å²) in [6.45, 7) is 5.26. The number of anilines is 1. The largest absolute Gasteiger partial charge is 0.399 e. The highest BCUT2D eigenvalue weighted by Gasteiger charge is 2.09. The Morgan fingerprint density at radius 2 is 2.12 bits per heavy atom. The smallest absolute Gasteiger partial charge is 0.0346 e. The van der Waals surface area contributed by atoms with Crippen LogP contribution in [0.25, 0.3) is 0 Å². The normalized spacial score (nSPS) is 13.1. The van der Waals surface area contributed by atoms with Crippen LogP contribution in [0.1, 0.15) is 18.1 Å². The van der Waals surface area contributed by atoms with Gasteiger partial charge in [0.15, 0.2) is 0 Å². The minimum atomic E-state index is 0.595. The Kier molecular flexibility index (Phi) is 5.16. The molecule has 1 aromatic carbocycles. The molecule has 0 radical (unpaired) electrons. The lowest BCUT2D eigenvalue weighted by Crippen LogP contribution is -2.30. The summed E-state index contributed by atoms with van der Waals surface area (Å²) in [5.74, 6) is 1.16. The van der Waals surface area contributed by atoms with Crippen LogP contribution in [0.2, 0.25) is 0 Å². The zero-order valence-corrected chi connectivity index (χ0v) is 11.5. The van der Waals surface area contributed by atoms with E-state index in [0.29, 0.717) is 6.04 Å². The fourth-order valence-electron chi connectivity index (χ4n) is 1.60. The van der Waals surface area contributed by atoms with E-state index < -0.39 is 0 Å². The second kappa shape index (κ2) is 6.16.